The molecule has 0 fully saturated rings. The van der Waals surface area contributed by atoms with E-state index in [9.17, 15) is 4.79 Å². The van der Waals surface area contributed by atoms with E-state index >= 15 is 0 Å². The SMILES string of the molecule is Cc1ncc(-c2ccn3nc(N)nc3c2)cc1NC(=O)c1cnn(Cc2ccccc2)c1. The van der Waals surface area contributed by atoms with Gasteiger partial charge in [0.25, 0.3) is 5.91 Å². The van der Waals surface area contributed by atoms with Crippen LogP contribution in [0.4, 0.5) is 11.6 Å². The number of nitrogen functional groups attached to an aromatic ring is 1. The maximum Gasteiger partial charge on any atom is 0.258 e. The number of anilines is 2. The van der Waals surface area contributed by atoms with Crippen LogP contribution in [0.2, 0.25) is 0 Å². The molecule has 9 nitrogen and oxygen atoms in total. The van der Waals surface area contributed by atoms with E-state index in [0.717, 1.165) is 16.7 Å². The van der Waals surface area contributed by atoms with Crippen LogP contribution in [-0.2, 0) is 6.54 Å². The molecule has 0 aliphatic carbocycles. The van der Waals surface area contributed by atoms with Gasteiger partial charge in [-0.05, 0) is 36.2 Å². The zero-order chi connectivity index (χ0) is 22.1. The van der Waals surface area contributed by atoms with Crippen molar-refractivity contribution in [3.8, 4) is 11.1 Å². The Labute approximate surface area is 183 Å². The fraction of sp³-hybridized carbons (Fsp3) is 0.0870. The molecular formula is C23H20N8O. The molecule has 0 bridgehead atoms. The second kappa shape index (κ2) is 7.95. The number of pyridine rings is 2. The third-order valence-electron chi connectivity index (χ3n) is 5.11. The highest BCUT2D eigenvalue weighted by Crippen LogP contribution is 2.25. The summed E-state index contributed by atoms with van der Waals surface area (Å²) in [6.45, 7) is 2.44. The molecule has 0 spiro atoms. The Morgan fingerprint density at radius 1 is 1.09 bits per heavy atom. The van der Waals surface area contributed by atoms with Crippen molar-refractivity contribution in [2.24, 2.45) is 0 Å². The predicted octanol–water partition coefficient (Wildman–Crippen LogP) is 3.18. The summed E-state index contributed by atoms with van der Waals surface area (Å²) in [6, 6.07) is 15.6. The zero-order valence-corrected chi connectivity index (χ0v) is 17.3. The van der Waals surface area contributed by atoms with Crippen LogP contribution >= 0.6 is 0 Å². The third-order valence-corrected chi connectivity index (χ3v) is 5.11. The molecule has 1 amide bonds. The van der Waals surface area contributed by atoms with Gasteiger partial charge in [-0.2, -0.15) is 10.1 Å². The number of nitrogens with two attached hydrogens (primary N) is 1. The first kappa shape index (κ1) is 19.4. The maximum atomic E-state index is 12.8. The number of carbonyl (C=O) groups is 1. The minimum absolute atomic E-state index is 0.213. The second-order valence-electron chi connectivity index (χ2n) is 7.41. The number of rotatable bonds is 5. The summed E-state index contributed by atoms with van der Waals surface area (Å²) in [4.78, 5) is 21.5. The lowest BCUT2D eigenvalue weighted by Gasteiger charge is -2.10. The van der Waals surface area contributed by atoms with E-state index in [2.05, 4.69) is 25.5 Å². The Hall–Kier alpha value is -4.53. The molecule has 3 N–H and O–H groups in total. The summed E-state index contributed by atoms with van der Waals surface area (Å²) >= 11 is 0. The van der Waals surface area contributed by atoms with E-state index in [1.165, 1.54) is 0 Å². The Morgan fingerprint density at radius 2 is 1.94 bits per heavy atom. The molecule has 0 aliphatic heterocycles. The van der Waals surface area contributed by atoms with Crippen molar-refractivity contribution in [2.45, 2.75) is 13.5 Å². The van der Waals surface area contributed by atoms with Crippen LogP contribution < -0.4 is 11.1 Å². The number of hydrogen-bond donors (Lipinski definition) is 2. The highest BCUT2D eigenvalue weighted by atomic mass is 16.1. The van der Waals surface area contributed by atoms with Gasteiger partial charge in [-0.15, -0.1) is 5.10 Å². The first-order valence-corrected chi connectivity index (χ1v) is 10.0. The van der Waals surface area contributed by atoms with E-state index < -0.39 is 0 Å². The van der Waals surface area contributed by atoms with E-state index in [4.69, 9.17) is 5.73 Å². The summed E-state index contributed by atoms with van der Waals surface area (Å²) in [5.74, 6) is -0.0306. The van der Waals surface area contributed by atoms with Gasteiger partial charge in [0.05, 0.1) is 29.7 Å². The third kappa shape index (κ3) is 3.91. The molecule has 0 aliphatic rings. The quantitative estimate of drug-likeness (QED) is 0.448. The molecule has 0 unspecified atom stereocenters. The van der Waals surface area contributed by atoms with Crippen molar-refractivity contribution in [1.29, 1.82) is 0 Å². The van der Waals surface area contributed by atoms with Crippen LogP contribution in [0.3, 0.4) is 0 Å². The fourth-order valence-corrected chi connectivity index (χ4v) is 3.43. The van der Waals surface area contributed by atoms with E-state index in [0.29, 0.717) is 29.1 Å². The summed E-state index contributed by atoms with van der Waals surface area (Å²) in [7, 11) is 0. The van der Waals surface area contributed by atoms with Gasteiger partial charge >= 0.3 is 0 Å². The van der Waals surface area contributed by atoms with Crippen molar-refractivity contribution in [2.75, 3.05) is 11.1 Å². The van der Waals surface area contributed by atoms with E-state index in [1.807, 2.05) is 55.5 Å². The Kier molecular flexibility index (Phi) is 4.83. The molecule has 4 aromatic heterocycles. The average Bonchev–Trinajstić information content (AvgIpc) is 3.41. The number of fused-ring (bicyclic) bond motifs is 1. The number of amides is 1. The molecule has 1 aromatic carbocycles. The summed E-state index contributed by atoms with van der Waals surface area (Å²) in [5, 5.41) is 11.3. The number of aryl methyl sites for hydroxylation is 1. The highest BCUT2D eigenvalue weighted by molar-refractivity contribution is 6.04. The predicted molar refractivity (Wildman–Crippen MR) is 121 cm³/mol. The Morgan fingerprint density at radius 3 is 2.78 bits per heavy atom. The highest BCUT2D eigenvalue weighted by Gasteiger charge is 2.13. The topological polar surface area (TPSA) is 116 Å². The first-order valence-electron chi connectivity index (χ1n) is 10.0. The van der Waals surface area contributed by atoms with Crippen LogP contribution in [0.25, 0.3) is 16.8 Å². The summed E-state index contributed by atoms with van der Waals surface area (Å²) in [5.41, 5.74) is 11.0. The minimum atomic E-state index is -0.243. The van der Waals surface area contributed by atoms with E-state index in [1.54, 1.807) is 34.0 Å². The van der Waals surface area contributed by atoms with Gasteiger partial charge in [0, 0.05) is 24.2 Å². The standard InChI is InChI=1S/C23H20N8O/c1-15-20(9-18(11-25-15)17-7-8-31-21(10-17)28-23(24)29-31)27-22(32)19-12-26-30(14-19)13-16-5-3-2-4-6-16/h2-12,14H,13H2,1H3,(H2,24,29)(H,27,32). The molecule has 0 saturated carbocycles. The van der Waals surface area contributed by atoms with Crippen LogP contribution in [0.1, 0.15) is 21.6 Å². The number of benzene rings is 1. The number of aromatic nitrogens is 6. The maximum absolute atomic E-state index is 12.8. The Balaban J connectivity index is 1.36. The van der Waals surface area contributed by atoms with Gasteiger partial charge in [0.1, 0.15) is 0 Å². The molecule has 158 valence electrons. The van der Waals surface area contributed by atoms with Crippen LogP contribution in [0, 0.1) is 6.92 Å². The fourth-order valence-electron chi connectivity index (χ4n) is 3.43. The molecule has 0 radical (unpaired) electrons. The van der Waals surface area contributed by atoms with Crippen molar-refractivity contribution in [1.82, 2.24) is 29.4 Å². The lowest BCUT2D eigenvalue weighted by molar-refractivity contribution is 0.102. The monoisotopic (exact) mass is 424 g/mol. The molecule has 9 heteroatoms. The van der Waals surface area contributed by atoms with Gasteiger partial charge in [-0.25, -0.2) is 4.52 Å². The summed E-state index contributed by atoms with van der Waals surface area (Å²) in [6.07, 6.45) is 6.84. The normalized spacial score (nSPS) is 11.0. The summed E-state index contributed by atoms with van der Waals surface area (Å²) < 4.78 is 3.35. The van der Waals surface area contributed by atoms with Crippen molar-refractivity contribution < 1.29 is 4.79 Å². The second-order valence-corrected chi connectivity index (χ2v) is 7.41. The van der Waals surface area contributed by atoms with Crippen LogP contribution in [0.15, 0.2) is 73.3 Å². The number of hydrogen-bond acceptors (Lipinski definition) is 6. The Bertz CT molecular complexity index is 1420. The average molecular weight is 424 g/mol. The number of nitrogens with zero attached hydrogens (tertiary/aromatic N) is 6. The number of nitrogens with one attached hydrogen (secondary N) is 1. The molecule has 0 atom stereocenters. The minimum Gasteiger partial charge on any atom is -0.366 e. The van der Waals surface area contributed by atoms with Gasteiger partial charge in [-0.1, -0.05) is 30.3 Å². The first-order chi connectivity index (χ1) is 15.5. The lowest BCUT2D eigenvalue weighted by atomic mass is 10.1. The van der Waals surface area contributed by atoms with Crippen molar-refractivity contribution in [3.63, 3.8) is 0 Å². The van der Waals surface area contributed by atoms with Crippen molar-refractivity contribution in [3.05, 3.63) is 90.1 Å². The molecular weight excluding hydrogens is 404 g/mol. The van der Waals surface area contributed by atoms with Gasteiger partial charge in [0.15, 0.2) is 5.65 Å². The van der Waals surface area contributed by atoms with Crippen molar-refractivity contribution >= 4 is 23.2 Å². The van der Waals surface area contributed by atoms with Crippen LogP contribution in [0.5, 0.6) is 0 Å². The molecule has 5 rings (SSSR count). The van der Waals surface area contributed by atoms with Gasteiger partial charge in [-0.3, -0.25) is 14.5 Å². The van der Waals surface area contributed by atoms with Gasteiger partial charge in [0.2, 0.25) is 5.95 Å². The molecule has 0 saturated heterocycles. The lowest BCUT2D eigenvalue weighted by Crippen LogP contribution is -2.13. The largest absolute Gasteiger partial charge is 0.366 e. The van der Waals surface area contributed by atoms with E-state index in [-0.39, 0.29) is 11.9 Å². The molecule has 32 heavy (non-hydrogen) atoms. The smallest absolute Gasteiger partial charge is 0.258 e. The van der Waals surface area contributed by atoms with Gasteiger partial charge < -0.3 is 11.1 Å². The number of carbonyl (C=O) groups excluding carboxylic acids is 1. The molecule has 5 aromatic rings. The molecule has 4 heterocycles. The van der Waals surface area contributed by atoms with Crippen LogP contribution in [-0.4, -0.2) is 35.3 Å². The zero-order valence-electron chi connectivity index (χ0n) is 17.3.